The first-order valence-corrected chi connectivity index (χ1v) is 9.47. The molecule has 0 saturated carbocycles. The Morgan fingerprint density at radius 3 is 1.78 bits per heavy atom. The van der Waals surface area contributed by atoms with Gasteiger partial charge < -0.3 is 5.11 Å². The van der Waals surface area contributed by atoms with Crippen LogP contribution in [0.3, 0.4) is 0 Å². The van der Waals surface area contributed by atoms with Crippen molar-refractivity contribution in [1.82, 2.24) is 0 Å². The lowest BCUT2D eigenvalue weighted by Gasteiger charge is -2.24. The van der Waals surface area contributed by atoms with Gasteiger partial charge in [0.05, 0.1) is 3.57 Å². The molecule has 0 aliphatic heterocycles. The van der Waals surface area contributed by atoms with Crippen molar-refractivity contribution in [1.29, 1.82) is 0 Å². The van der Waals surface area contributed by atoms with Crippen LogP contribution >= 0.6 is 22.6 Å². The van der Waals surface area contributed by atoms with Crippen LogP contribution in [0, 0.1) is 3.57 Å². The average molecular weight is 422 g/mol. The summed E-state index contributed by atoms with van der Waals surface area (Å²) in [5.41, 5.74) is 6.61. The normalized spacial score (nSPS) is 11.7. The molecular weight excluding hydrogens is 395 g/mol. The van der Waals surface area contributed by atoms with Gasteiger partial charge in [-0.25, -0.2) is 0 Å². The first kappa shape index (κ1) is 18.3. The van der Waals surface area contributed by atoms with Crippen LogP contribution in [-0.4, -0.2) is 5.11 Å². The van der Waals surface area contributed by atoms with Gasteiger partial charge in [0.2, 0.25) is 0 Å². The van der Waals surface area contributed by atoms with Crippen molar-refractivity contribution in [3.8, 4) is 16.9 Å². The van der Waals surface area contributed by atoms with Crippen LogP contribution < -0.4 is 0 Å². The van der Waals surface area contributed by atoms with Crippen molar-refractivity contribution in [2.24, 2.45) is 0 Å². The van der Waals surface area contributed by atoms with Crippen LogP contribution in [0.5, 0.6) is 5.75 Å². The van der Waals surface area contributed by atoms with Gasteiger partial charge in [0.25, 0.3) is 0 Å². The number of phenolic OH excluding ortho intramolecular Hbond substituents is 1. The fraction of sp³-hybridized carbons (Fsp3) is 0.429. The summed E-state index contributed by atoms with van der Waals surface area (Å²) in [5.74, 6) is 1.77. The van der Waals surface area contributed by atoms with Crippen molar-refractivity contribution in [3.63, 3.8) is 0 Å². The minimum absolute atomic E-state index is 0.362. The highest BCUT2D eigenvalue weighted by atomic mass is 127. The Hall–Kier alpha value is -1.03. The number of benzene rings is 2. The second kappa shape index (κ2) is 7.25. The molecule has 1 nitrogen and oxygen atoms in total. The molecule has 0 fully saturated rings. The largest absolute Gasteiger partial charge is 0.507 e. The summed E-state index contributed by atoms with van der Waals surface area (Å²) in [6, 6.07) is 10.5. The van der Waals surface area contributed by atoms with E-state index in [2.05, 4.69) is 82.3 Å². The fourth-order valence-electron chi connectivity index (χ4n) is 2.98. The molecule has 0 aromatic heterocycles. The maximum atomic E-state index is 10.2. The SMILES string of the molecule is CC(C)c1cc(C(C)C)c(-c2cccc(O)c2I)c(C(C)C)c1. The smallest absolute Gasteiger partial charge is 0.129 e. The van der Waals surface area contributed by atoms with Crippen LogP contribution in [0.1, 0.15) is 76.0 Å². The lowest BCUT2D eigenvalue weighted by molar-refractivity contribution is 0.472. The quantitative estimate of drug-likeness (QED) is 0.525. The lowest BCUT2D eigenvalue weighted by atomic mass is 9.82. The predicted octanol–water partition coefficient (Wildman–Crippen LogP) is 7.03. The molecule has 0 amide bonds. The Bertz CT molecular complexity index is 670. The van der Waals surface area contributed by atoms with Gasteiger partial charge in [-0.3, -0.25) is 0 Å². The van der Waals surface area contributed by atoms with E-state index in [1.54, 1.807) is 6.07 Å². The molecule has 2 heteroatoms. The summed E-state index contributed by atoms with van der Waals surface area (Å²) in [7, 11) is 0. The lowest BCUT2D eigenvalue weighted by Crippen LogP contribution is -2.04. The third kappa shape index (κ3) is 3.73. The van der Waals surface area contributed by atoms with Gasteiger partial charge in [0.1, 0.15) is 5.75 Å². The van der Waals surface area contributed by atoms with E-state index in [9.17, 15) is 5.11 Å². The van der Waals surface area contributed by atoms with Gasteiger partial charge in [-0.15, -0.1) is 0 Å². The average Bonchev–Trinajstić information content (AvgIpc) is 2.48. The number of phenols is 1. The summed E-state index contributed by atoms with van der Waals surface area (Å²) in [6.07, 6.45) is 0. The summed E-state index contributed by atoms with van der Waals surface area (Å²) in [4.78, 5) is 0. The zero-order valence-electron chi connectivity index (χ0n) is 14.9. The highest BCUT2D eigenvalue weighted by Gasteiger charge is 2.20. The van der Waals surface area contributed by atoms with Crippen LogP contribution in [-0.2, 0) is 0 Å². The molecule has 124 valence electrons. The zero-order valence-corrected chi connectivity index (χ0v) is 17.1. The molecule has 23 heavy (non-hydrogen) atoms. The summed E-state index contributed by atoms with van der Waals surface area (Å²) in [5, 5.41) is 10.2. The molecule has 0 radical (unpaired) electrons. The Morgan fingerprint density at radius 2 is 1.35 bits per heavy atom. The Morgan fingerprint density at radius 1 is 0.826 bits per heavy atom. The van der Waals surface area contributed by atoms with Gasteiger partial charge in [-0.05, 0) is 74.2 Å². The monoisotopic (exact) mass is 422 g/mol. The summed E-state index contributed by atoms with van der Waals surface area (Å²) < 4.78 is 0.936. The van der Waals surface area contributed by atoms with E-state index in [4.69, 9.17) is 0 Å². The van der Waals surface area contributed by atoms with Crippen LogP contribution in [0.25, 0.3) is 11.1 Å². The molecule has 0 aliphatic rings. The van der Waals surface area contributed by atoms with Crippen LogP contribution in [0.2, 0.25) is 0 Å². The van der Waals surface area contributed by atoms with Crippen molar-refractivity contribution < 1.29 is 5.11 Å². The molecule has 2 rings (SSSR count). The van der Waals surface area contributed by atoms with Gasteiger partial charge in [-0.1, -0.05) is 65.8 Å². The molecule has 0 saturated heterocycles. The van der Waals surface area contributed by atoms with E-state index < -0.39 is 0 Å². The molecule has 0 heterocycles. The minimum atomic E-state index is 0.362. The van der Waals surface area contributed by atoms with Gasteiger partial charge in [0.15, 0.2) is 0 Å². The number of rotatable bonds is 4. The minimum Gasteiger partial charge on any atom is -0.507 e. The molecule has 2 aromatic carbocycles. The van der Waals surface area contributed by atoms with Gasteiger partial charge >= 0.3 is 0 Å². The van der Waals surface area contributed by atoms with Gasteiger partial charge in [0, 0.05) is 0 Å². The van der Waals surface area contributed by atoms with E-state index in [1.807, 2.05) is 6.07 Å². The Balaban J connectivity index is 2.87. The second-order valence-corrected chi connectivity index (χ2v) is 8.26. The summed E-state index contributed by atoms with van der Waals surface area (Å²) in [6.45, 7) is 13.5. The van der Waals surface area contributed by atoms with Gasteiger partial charge in [-0.2, -0.15) is 0 Å². The first-order chi connectivity index (χ1) is 10.7. The number of hydrogen-bond donors (Lipinski definition) is 1. The van der Waals surface area contributed by atoms with E-state index in [0.717, 1.165) is 9.13 Å². The first-order valence-electron chi connectivity index (χ1n) is 8.39. The molecule has 2 aromatic rings. The molecule has 0 unspecified atom stereocenters. The van der Waals surface area contributed by atoms with E-state index >= 15 is 0 Å². The molecule has 0 aliphatic carbocycles. The molecule has 0 spiro atoms. The van der Waals surface area contributed by atoms with Crippen molar-refractivity contribution in [2.75, 3.05) is 0 Å². The van der Waals surface area contributed by atoms with E-state index in [0.29, 0.717) is 23.5 Å². The zero-order chi connectivity index (χ0) is 17.3. The third-order valence-corrected chi connectivity index (χ3v) is 5.51. The second-order valence-electron chi connectivity index (χ2n) is 7.18. The van der Waals surface area contributed by atoms with E-state index in [-0.39, 0.29) is 0 Å². The summed E-state index contributed by atoms with van der Waals surface area (Å²) >= 11 is 2.26. The molecule has 0 atom stereocenters. The van der Waals surface area contributed by atoms with E-state index in [1.165, 1.54) is 22.3 Å². The fourth-order valence-corrected chi connectivity index (χ4v) is 3.61. The number of aromatic hydroxyl groups is 1. The number of hydrogen-bond acceptors (Lipinski definition) is 1. The highest BCUT2D eigenvalue weighted by molar-refractivity contribution is 14.1. The Kier molecular flexibility index (Phi) is 5.77. The highest BCUT2D eigenvalue weighted by Crippen LogP contribution is 2.42. The third-order valence-electron chi connectivity index (χ3n) is 4.38. The van der Waals surface area contributed by atoms with Crippen LogP contribution in [0.4, 0.5) is 0 Å². The van der Waals surface area contributed by atoms with Crippen molar-refractivity contribution in [2.45, 2.75) is 59.3 Å². The maximum absolute atomic E-state index is 10.2. The van der Waals surface area contributed by atoms with Crippen molar-refractivity contribution in [3.05, 3.63) is 50.6 Å². The molecular formula is C21H27IO. The Labute approximate surface area is 154 Å². The standard InChI is InChI=1S/C21H27IO/c1-12(2)15-10-17(13(3)4)20(18(11-15)14(5)6)16-8-7-9-19(23)21(16)22/h7-14,23H,1-6H3. The molecule has 0 bridgehead atoms. The van der Waals surface area contributed by atoms with Crippen LogP contribution in [0.15, 0.2) is 30.3 Å². The topological polar surface area (TPSA) is 20.2 Å². The number of halogens is 1. The maximum Gasteiger partial charge on any atom is 0.129 e. The molecule has 1 N–H and O–H groups in total. The predicted molar refractivity (Wildman–Crippen MR) is 109 cm³/mol. The van der Waals surface area contributed by atoms with Crippen molar-refractivity contribution >= 4 is 22.6 Å².